The number of hydrogen-bond donors (Lipinski definition) is 0. The van der Waals surface area contributed by atoms with Gasteiger partial charge < -0.3 is 0 Å². The fourth-order valence-corrected chi connectivity index (χ4v) is 6.16. The predicted molar refractivity (Wildman–Crippen MR) is 122 cm³/mol. The minimum atomic E-state index is -4.48. The average Bonchev–Trinajstić information content (AvgIpc) is 2.78. The number of benzene rings is 2. The van der Waals surface area contributed by atoms with Crippen LogP contribution in [0.25, 0.3) is 11.1 Å². The highest BCUT2D eigenvalue weighted by molar-refractivity contribution is 5.66. The van der Waals surface area contributed by atoms with Crippen LogP contribution in [0.4, 0.5) is 22.0 Å². The van der Waals surface area contributed by atoms with Gasteiger partial charge in [-0.05, 0) is 91.2 Å². The van der Waals surface area contributed by atoms with E-state index in [2.05, 4.69) is 6.92 Å². The smallest absolute Gasteiger partial charge is 0.206 e. The zero-order valence-electron chi connectivity index (χ0n) is 19.2. The lowest BCUT2D eigenvalue weighted by atomic mass is 9.63. The zero-order valence-corrected chi connectivity index (χ0v) is 19.2. The first kappa shape index (κ1) is 24.2. The number of hydrogen-bond acceptors (Lipinski definition) is 0. The summed E-state index contributed by atoms with van der Waals surface area (Å²) in [5.41, 5.74) is -0.284. The molecule has 2 fully saturated rings. The van der Waals surface area contributed by atoms with E-state index in [9.17, 15) is 22.0 Å². The van der Waals surface area contributed by atoms with Gasteiger partial charge >= 0.3 is 6.18 Å². The highest BCUT2D eigenvalue weighted by atomic mass is 19.4. The largest absolute Gasteiger partial charge is 0.416 e. The van der Waals surface area contributed by atoms with Crippen molar-refractivity contribution in [1.29, 1.82) is 0 Å². The Balaban J connectivity index is 1.44. The van der Waals surface area contributed by atoms with Gasteiger partial charge in [0.2, 0.25) is 0 Å². The Bertz CT molecular complexity index is 907. The molecule has 2 aliphatic rings. The molecule has 0 radical (unpaired) electrons. The molecule has 4 rings (SSSR count). The molecule has 0 nitrogen and oxygen atoms in total. The fourth-order valence-electron chi connectivity index (χ4n) is 6.16. The Labute approximate surface area is 193 Å². The van der Waals surface area contributed by atoms with Crippen LogP contribution in [0.2, 0.25) is 0 Å². The monoisotopic (exact) mass is 464 g/mol. The van der Waals surface area contributed by atoms with Crippen LogP contribution in [0.5, 0.6) is 0 Å². The van der Waals surface area contributed by atoms with Crippen molar-refractivity contribution in [1.82, 2.24) is 0 Å². The highest BCUT2D eigenvalue weighted by Crippen LogP contribution is 2.49. The van der Waals surface area contributed by atoms with Crippen molar-refractivity contribution in [3.8, 4) is 11.1 Å². The van der Waals surface area contributed by atoms with Gasteiger partial charge in [-0.3, -0.25) is 0 Å². The van der Waals surface area contributed by atoms with E-state index >= 15 is 0 Å². The molecule has 0 amide bonds. The minimum absolute atomic E-state index is 0.120. The van der Waals surface area contributed by atoms with E-state index in [1.165, 1.54) is 57.1 Å². The van der Waals surface area contributed by atoms with Crippen LogP contribution in [0.3, 0.4) is 0 Å². The molecule has 0 saturated heterocycles. The third kappa shape index (κ3) is 5.60. The first-order chi connectivity index (χ1) is 15.8. The lowest BCUT2D eigenvalue weighted by Crippen LogP contribution is -2.30. The van der Waals surface area contributed by atoms with E-state index in [4.69, 9.17) is 0 Å². The number of fused-ring (bicyclic) bond motifs is 1. The summed E-state index contributed by atoms with van der Waals surface area (Å²) >= 11 is 0. The Hall–Kier alpha value is -1.91. The lowest BCUT2D eigenvalue weighted by Gasteiger charge is -2.42. The van der Waals surface area contributed by atoms with Gasteiger partial charge in [-0.2, -0.15) is 13.2 Å². The average molecular weight is 465 g/mol. The number of rotatable bonds is 6. The number of alkyl halides is 3. The molecule has 0 aromatic heterocycles. The molecule has 0 heterocycles. The number of halogens is 5. The van der Waals surface area contributed by atoms with Gasteiger partial charge in [-0.15, -0.1) is 0 Å². The van der Waals surface area contributed by atoms with E-state index < -0.39 is 23.4 Å². The van der Waals surface area contributed by atoms with E-state index in [0.717, 1.165) is 55.4 Å². The van der Waals surface area contributed by atoms with Crippen molar-refractivity contribution >= 4 is 0 Å². The van der Waals surface area contributed by atoms with Gasteiger partial charge in [0.25, 0.3) is 0 Å². The van der Waals surface area contributed by atoms with Crippen LogP contribution >= 0.6 is 0 Å². The van der Waals surface area contributed by atoms with E-state index in [1.807, 2.05) is 0 Å². The van der Waals surface area contributed by atoms with Crippen molar-refractivity contribution in [3.05, 3.63) is 59.2 Å². The third-order valence-corrected chi connectivity index (χ3v) is 7.97. The van der Waals surface area contributed by atoms with Gasteiger partial charge in [0.1, 0.15) is 11.6 Å². The lowest BCUT2D eigenvalue weighted by molar-refractivity contribution is -0.137. The normalized spacial score (nSPS) is 25.6. The van der Waals surface area contributed by atoms with Crippen molar-refractivity contribution in [2.45, 2.75) is 83.2 Å². The summed E-state index contributed by atoms with van der Waals surface area (Å²) in [7, 11) is 0. The summed E-state index contributed by atoms with van der Waals surface area (Å²) < 4.78 is 68.3. The fraction of sp³-hybridized carbons (Fsp3) is 0.571. The molecule has 180 valence electrons. The maximum absolute atomic E-state index is 15.0. The van der Waals surface area contributed by atoms with E-state index in [1.54, 1.807) is 0 Å². The molecule has 0 aliphatic heterocycles. The van der Waals surface area contributed by atoms with Crippen LogP contribution in [-0.2, 0) is 6.18 Å². The molecule has 2 saturated carbocycles. The summed E-state index contributed by atoms with van der Waals surface area (Å²) in [6, 6.07) is 6.79. The third-order valence-electron chi connectivity index (χ3n) is 7.97. The summed E-state index contributed by atoms with van der Waals surface area (Å²) in [6.07, 6.45) is 7.57. The van der Waals surface area contributed by atoms with Gasteiger partial charge in [0.05, 0.1) is 11.1 Å². The number of unbranched alkanes of at least 4 members (excludes halogenated alkanes) is 2. The van der Waals surface area contributed by atoms with Crippen LogP contribution in [-0.4, -0.2) is 0 Å². The highest BCUT2D eigenvalue weighted by Gasteiger charge is 2.36. The molecule has 33 heavy (non-hydrogen) atoms. The first-order valence-corrected chi connectivity index (χ1v) is 12.4. The topological polar surface area (TPSA) is 0 Å². The second-order valence-corrected chi connectivity index (χ2v) is 10.1. The molecule has 4 atom stereocenters. The molecule has 4 unspecified atom stereocenters. The predicted octanol–water partition coefficient (Wildman–Crippen LogP) is 9.53. The van der Waals surface area contributed by atoms with Crippen molar-refractivity contribution in [3.63, 3.8) is 0 Å². The molecule has 2 aromatic rings. The van der Waals surface area contributed by atoms with Gasteiger partial charge in [0.15, 0.2) is 0 Å². The molecule has 5 heteroatoms. The Morgan fingerprint density at radius 2 is 1.45 bits per heavy atom. The standard InChI is InChI=1S/C28H33F5/c1-2-3-4-5-18-6-7-21-15-22(9-8-20(21)14-18)23-16-25(29)27(26(30)17-23)19-10-12-24(13-11-19)28(31,32)33/h10-13,16-18,20-22H,2-9,14-15H2,1H3. The van der Waals surface area contributed by atoms with Crippen molar-refractivity contribution < 1.29 is 22.0 Å². The molecular weight excluding hydrogens is 431 g/mol. The first-order valence-electron chi connectivity index (χ1n) is 12.4. The zero-order chi connectivity index (χ0) is 23.6. The molecule has 0 spiro atoms. The van der Waals surface area contributed by atoms with Crippen LogP contribution < -0.4 is 0 Å². The Morgan fingerprint density at radius 3 is 2.09 bits per heavy atom. The van der Waals surface area contributed by atoms with Gasteiger partial charge in [-0.25, -0.2) is 8.78 Å². The van der Waals surface area contributed by atoms with E-state index in [-0.39, 0.29) is 17.0 Å². The van der Waals surface area contributed by atoms with Crippen molar-refractivity contribution in [2.75, 3.05) is 0 Å². The summed E-state index contributed by atoms with van der Waals surface area (Å²) in [4.78, 5) is 0. The summed E-state index contributed by atoms with van der Waals surface area (Å²) in [5.74, 6) is 0.952. The summed E-state index contributed by atoms with van der Waals surface area (Å²) in [5, 5.41) is 0. The quantitative estimate of drug-likeness (QED) is 0.295. The SMILES string of the molecule is CCCCCC1CCC2CC(c3cc(F)c(-c4ccc(C(F)(F)F)cc4)c(F)c3)CCC2C1. The molecule has 0 N–H and O–H groups in total. The van der Waals surface area contributed by atoms with Crippen molar-refractivity contribution in [2.24, 2.45) is 17.8 Å². The van der Waals surface area contributed by atoms with Gasteiger partial charge in [0, 0.05) is 0 Å². The summed E-state index contributed by atoms with van der Waals surface area (Å²) in [6.45, 7) is 2.24. The Kier molecular flexibility index (Phi) is 7.45. The molecule has 2 aliphatic carbocycles. The molecular formula is C28H33F5. The van der Waals surface area contributed by atoms with E-state index in [0.29, 0.717) is 11.5 Å². The second kappa shape index (κ2) is 10.1. The second-order valence-electron chi connectivity index (χ2n) is 10.1. The van der Waals surface area contributed by atoms with Gasteiger partial charge in [-0.1, -0.05) is 51.2 Å². The van der Waals surface area contributed by atoms with Crippen LogP contribution in [0.1, 0.15) is 88.2 Å². The molecule has 0 bridgehead atoms. The van der Waals surface area contributed by atoms with Crippen LogP contribution in [0.15, 0.2) is 36.4 Å². The Morgan fingerprint density at radius 1 is 0.818 bits per heavy atom. The van der Waals surface area contributed by atoms with Crippen LogP contribution in [0, 0.1) is 29.4 Å². The maximum Gasteiger partial charge on any atom is 0.416 e. The minimum Gasteiger partial charge on any atom is -0.206 e. The maximum atomic E-state index is 15.0. The molecule has 2 aromatic carbocycles.